The van der Waals surface area contributed by atoms with E-state index in [4.69, 9.17) is 19.0 Å². The van der Waals surface area contributed by atoms with Gasteiger partial charge in [0, 0.05) is 5.54 Å². The van der Waals surface area contributed by atoms with Crippen molar-refractivity contribution < 1.29 is 28.4 Å². The van der Waals surface area contributed by atoms with Crippen LogP contribution in [0.4, 0.5) is 0 Å². The minimum Gasteiger partial charge on any atom is -0.481 e. The number of carboxylic acid groups (broad SMARTS) is 1. The lowest BCUT2D eigenvalue weighted by Gasteiger charge is -2.48. The number of rotatable bonds is 10. The maximum Gasteiger partial charge on any atom is 0.350 e. The molecule has 0 aliphatic carbocycles. The summed E-state index contributed by atoms with van der Waals surface area (Å²) in [6.07, 6.45) is -0.741. The highest BCUT2D eigenvalue weighted by molar-refractivity contribution is 7.54. The molecule has 0 fully saturated rings. The molecule has 0 amide bonds. The van der Waals surface area contributed by atoms with Gasteiger partial charge in [-0.15, -0.1) is 0 Å². The van der Waals surface area contributed by atoms with Crippen molar-refractivity contribution in [2.45, 2.75) is 86.2 Å². The molecule has 0 spiro atoms. The van der Waals surface area contributed by atoms with Crippen LogP contribution in [-0.4, -0.2) is 46.8 Å². The summed E-state index contributed by atoms with van der Waals surface area (Å²) in [6.45, 7) is 17.3. The molecule has 2 atom stereocenters. The lowest BCUT2D eigenvalue weighted by molar-refractivity contribution is -0.263. The van der Waals surface area contributed by atoms with Gasteiger partial charge in [-0.3, -0.25) is 14.2 Å². The third kappa shape index (κ3) is 7.75. The Hall–Kier alpha value is -0.460. The van der Waals surface area contributed by atoms with Crippen LogP contribution in [0.15, 0.2) is 0 Å². The molecule has 0 aromatic rings. The van der Waals surface area contributed by atoms with Gasteiger partial charge in [-0.1, -0.05) is 20.8 Å². The average molecular weight is 381 g/mol. The van der Waals surface area contributed by atoms with Gasteiger partial charge in [-0.05, 0) is 47.0 Å². The Morgan fingerprint density at radius 1 is 1.08 bits per heavy atom. The normalized spacial score (nSPS) is 16.1. The Balaban J connectivity index is 6.04. The highest BCUT2D eigenvalue weighted by Crippen LogP contribution is 2.60. The molecule has 25 heavy (non-hydrogen) atoms. The number of carbonyl (C=O) groups is 1. The predicted molar refractivity (Wildman–Crippen MR) is 98.5 cm³/mol. The summed E-state index contributed by atoms with van der Waals surface area (Å²) >= 11 is 0. The summed E-state index contributed by atoms with van der Waals surface area (Å²) in [7, 11) is -3.54. The van der Waals surface area contributed by atoms with E-state index in [9.17, 15) is 9.36 Å². The molecule has 0 radical (unpaired) electrons. The summed E-state index contributed by atoms with van der Waals surface area (Å²) in [6, 6.07) is 0. The average Bonchev–Trinajstić information content (AvgIpc) is 2.34. The number of hydrogen-bond acceptors (Lipinski definition) is 6. The number of aliphatic carboxylic acids is 1. The van der Waals surface area contributed by atoms with Crippen LogP contribution in [0.25, 0.3) is 0 Å². The molecule has 0 aliphatic rings. The second-order valence-corrected chi connectivity index (χ2v) is 10.2. The fourth-order valence-corrected chi connectivity index (χ4v) is 5.24. The molecule has 0 bridgehead atoms. The zero-order valence-electron chi connectivity index (χ0n) is 17.2. The van der Waals surface area contributed by atoms with E-state index in [1.165, 1.54) is 0 Å². The standard InChI is InChI=1S/C17H36NO6P/c1-10-22-25(21,23-11-2)15(16(4,5)6)18(17(7,8)9)24-13(3)12-14(19)20/h13,15H,10-12H2,1-9H3,(H,19,20). The van der Waals surface area contributed by atoms with Crippen LogP contribution in [0.3, 0.4) is 0 Å². The molecule has 8 heteroatoms. The van der Waals surface area contributed by atoms with Gasteiger partial charge in [-0.25, -0.2) is 0 Å². The smallest absolute Gasteiger partial charge is 0.350 e. The summed E-state index contributed by atoms with van der Waals surface area (Å²) in [4.78, 5) is 17.0. The van der Waals surface area contributed by atoms with Crippen molar-refractivity contribution in [3.05, 3.63) is 0 Å². The van der Waals surface area contributed by atoms with Crippen molar-refractivity contribution >= 4 is 13.6 Å². The number of hydroxylamine groups is 2. The molecule has 0 saturated carbocycles. The van der Waals surface area contributed by atoms with E-state index in [2.05, 4.69) is 0 Å². The first-order valence-corrected chi connectivity index (χ1v) is 10.4. The molecule has 1 N–H and O–H groups in total. The van der Waals surface area contributed by atoms with E-state index in [-0.39, 0.29) is 19.6 Å². The second-order valence-electron chi connectivity index (χ2n) is 8.13. The molecular formula is C17H36NO6P. The number of nitrogens with zero attached hydrogens (tertiary/aromatic N) is 1. The monoisotopic (exact) mass is 381 g/mol. The first-order chi connectivity index (χ1) is 11.2. The highest BCUT2D eigenvalue weighted by Gasteiger charge is 2.51. The lowest BCUT2D eigenvalue weighted by Crippen LogP contribution is -2.54. The first kappa shape index (κ1) is 24.5. The SMILES string of the molecule is CCOP(=O)(OCC)C(N(OC(C)CC(=O)O)C(C)(C)C)C(C)(C)C. The molecule has 0 aliphatic heterocycles. The zero-order valence-corrected chi connectivity index (χ0v) is 18.1. The third-order valence-electron chi connectivity index (χ3n) is 3.33. The van der Waals surface area contributed by atoms with E-state index in [0.717, 1.165) is 0 Å². The Morgan fingerprint density at radius 3 is 1.80 bits per heavy atom. The van der Waals surface area contributed by atoms with Crippen molar-refractivity contribution in [3.8, 4) is 0 Å². The van der Waals surface area contributed by atoms with Gasteiger partial charge in [-0.2, -0.15) is 5.06 Å². The lowest BCUT2D eigenvalue weighted by atomic mass is 9.94. The van der Waals surface area contributed by atoms with Crippen LogP contribution in [0, 0.1) is 5.41 Å². The molecule has 0 rings (SSSR count). The minimum atomic E-state index is -3.54. The highest BCUT2D eigenvalue weighted by atomic mass is 31.2. The van der Waals surface area contributed by atoms with Crippen LogP contribution >= 0.6 is 7.60 Å². The summed E-state index contributed by atoms with van der Waals surface area (Å²) in [5, 5.41) is 10.6. The summed E-state index contributed by atoms with van der Waals surface area (Å²) in [5.41, 5.74) is -1.05. The Kier molecular flexibility index (Phi) is 9.29. The molecule has 0 aromatic heterocycles. The van der Waals surface area contributed by atoms with Crippen LogP contribution < -0.4 is 0 Å². The van der Waals surface area contributed by atoms with Gasteiger partial charge in [0.15, 0.2) is 0 Å². The van der Waals surface area contributed by atoms with Gasteiger partial charge >= 0.3 is 13.6 Å². The van der Waals surface area contributed by atoms with Gasteiger partial charge in [0.1, 0.15) is 5.78 Å². The Morgan fingerprint density at radius 2 is 1.52 bits per heavy atom. The van der Waals surface area contributed by atoms with Crippen molar-refractivity contribution in [1.82, 2.24) is 5.06 Å². The summed E-state index contributed by atoms with van der Waals surface area (Å²) in [5.74, 6) is -1.65. The second kappa shape index (κ2) is 9.47. The van der Waals surface area contributed by atoms with Gasteiger partial charge in [0.2, 0.25) is 0 Å². The maximum atomic E-state index is 13.6. The van der Waals surface area contributed by atoms with Crippen molar-refractivity contribution in [2.75, 3.05) is 13.2 Å². The van der Waals surface area contributed by atoms with Gasteiger partial charge in [0.25, 0.3) is 0 Å². The Labute approximate surface area is 152 Å². The van der Waals surface area contributed by atoms with Crippen molar-refractivity contribution in [3.63, 3.8) is 0 Å². The molecule has 0 heterocycles. The molecule has 0 aromatic carbocycles. The maximum absolute atomic E-state index is 13.6. The van der Waals surface area contributed by atoms with Crippen LogP contribution in [0.5, 0.6) is 0 Å². The summed E-state index contributed by atoms with van der Waals surface area (Å²) < 4.78 is 24.8. The topological polar surface area (TPSA) is 85.3 Å². The molecular weight excluding hydrogens is 345 g/mol. The predicted octanol–water partition coefficient (Wildman–Crippen LogP) is 4.52. The van der Waals surface area contributed by atoms with Crippen LogP contribution in [0.2, 0.25) is 0 Å². The van der Waals surface area contributed by atoms with E-state index >= 15 is 0 Å². The molecule has 7 nitrogen and oxygen atoms in total. The number of carboxylic acids is 1. The third-order valence-corrected chi connectivity index (χ3v) is 6.15. The number of hydrogen-bond donors (Lipinski definition) is 1. The minimum absolute atomic E-state index is 0.156. The Bertz CT molecular complexity index is 459. The largest absolute Gasteiger partial charge is 0.481 e. The van der Waals surface area contributed by atoms with Crippen LogP contribution in [0.1, 0.15) is 68.7 Å². The van der Waals surface area contributed by atoms with E-state index < -0.39 is 36.4 Å². The fraction of sp³-hybridized carbons (Fsp3) is 0.941. The van der Waals surface area contributed by atoms with Gasteiger partial charge in [0.05, 0.1) is 25.7 Å². The van der Waals surface area contributed by atoms with E-state index in [1.807, 2.05) is 41.5 Å². The fourth-order valence-electron chi connectivity index (χ4n) is 2.55. The van der Waals surface area contributed by atoms with Gasteiger partial charge < -0.3 is 14.2 Å². The van der Waals surface area contributed by atoms with Crippen molar-refractivity contribution in [2.24, 2.45) is 5.41 Å². The van der Waals surface area contributed by atoms with E-state index in [0.29, 0.717) is 0 Å². The first-order valence-electron chi connectivity index (χ1n) is 8.75. The molecule has 0 saturated heterocycles. The quantitative estimate of drug-likeness (QED) is 0.440. The molecule has 2 unspecified atom stereocenters. The van der Waals surface area contributed by atoms with E-state index in [1.54, 1.807) is 25.8 Å². The molecule has 150 valence electrons. The van der Waals surface area contributed by atoms with Crippen LogP contribution in [-0.2, 0) is 23.2 Å². The van der Waals surface area contributed by atoms with Crippen molar-refractivity contribution in [1.29, 1.82) is 0 Å². The zero-order chi connectivity index (χ0) is 20.1.